The summed E-state index contributed by atoms with van der Waals surface area (Å²) in [5.41, 5.74) is 0.874. The lowest BCUT2D eigenvalue weighted by atomic mass is 9.84. The Morgan fingerprint density at radius 3 is 3.13 bits per heavy atom. The lowest BCUT2D eigenvalue weighted by Crippen LogP contribution is -2.67. The van der Waals surface area contributed by atoms with E-state index in [4.69, 9.17) is 14.2 Å². The molecule has 1 unspecified atom stereocenters. The van der Waals surface area contributed by atoms with Gasteiger partial charge >= 0.3 is 0 Å². The van der Waals surface area contributed by atoms with E-state index in [2.05, 4.69) is 4.98 Å². The molecule has 2 fully saturated rings. The van der Waals surface area contributed by atoms with E-state index in [1.165, 1.54) is 0 Å². The molecule has 3 heterocycles. The monoisotopic (exact) mass is 320 g/mol. The van der Waals surface area contributed by atoms with Crippen LogP contribution in [-0.4, -0.2) is 60.9 Å². The average Bonchev–Trinajstić information content (AvgIpc) is 2.57. The fourth-order valence-electron chi connectivity index (χ4n) is 3.22. The largest absolute Gasteiger partial charge is 0.384 e. The Morgan fingerprint density at radius 2 is 2.39 bits per heavy atom. The van der Waals surface area contributed by atoms with Crippen LogP contribution in [0.1, 0.15) is 24.8 Å². The van der Waals surface area contributed by atoms with Gasteiger partial charge in [0.15, 0.2) is 0 Å². The third kappa shape index (κ3) is 4.07. The summed E-state index contributed by atoms with van der Waals surface area (Å²) in [4.78, 5) is 17.9. The van der Waals surface area contributed by atoms with Crippen molar-refractivity contribution in [2.24, 2.45) is 0 Å². The molecule has 0 bridgehead atoms. The number of hydrogen-bond donors (Lipinski definition) is 0. The second kappa shape index (κ2) is 7.38. The molecule has 2 aliphatic rings. The van der Waals surface area contributed by atoms with Gasteiger partial charge < -0.3 is 19.1 Å². The molecule has 1 spiro atoms. The number of nitrogens with zero attached hydrogens (tertiary/aromatic N) is 2. The van der Waals surface area contributed by atoms with Gasteiger partial charge in [0.1, 0.15) is 5.60 Å². The molecule has 1 atom stereocenters. The van der Waals surface area contributed by atoms with Gasteiger partial charge in [-0.25, -0.2) is 0 Å². The van der Waals surface area contributed by atoms with Crippen molar-refractivity contribution in [3.63, 3.8) is 0 Å². The summed E-state index contributed by atoms with van der Waals surface area (Å²) in [6.45, 7) is 3.08. The summed E-state index contributed by atoms with van der Waals surface area (Å²) < 4.78 is 16.9. The van der Waals surface area contributed by atoms with Crippen molar-refractivity contribution >= 4 is 5.91 Å². The number of amides is 1. The maximum Gasteiger partial charge on any atom is 0.225 e. The van der Waals surface area contributed by atoms with E-state index in [-0.39, 0.29) is 17.6 Å². The number of likely N-dealkylation sites (tertiary alicyclic amines) is 1. The highest BCUT2D eigenvalue weighted by atomic mass is 16.5. The topological polar surface area (TPSA) is 60.9 Å². The van der Waals surface area contributed by atoms with Crippen molar-refractivity contribution in [3.05, 3.63) is 30.1 Å². The van der Waals surface area contributed by atoms with Crippen LogP contribution in [0.25, 0.3) is 0 Å². The SMILES string of the molecule is COCCC(=O)N1CC2(CC(OCc3cccnc3)CCO2)C1. The van der Waals surface area contributed by atoms with Crippen molar-refractivity contribution in [2.45, 2.75) is 37.6 Å². The highest BCUT2D eigenvalue weighted by Gasteiger charge is 2.49. The van der Waals surface area contributed by atoms with Gasteiger partial charge in [-0.05, 0) is 18.1 Å². The van der Waals surface area contributed by atoms with Crippen LogP contribution in [-0.2, 0) is 25.6 Å². The van der Waals surface area contributed by atoms with E-state index in [0.29, 0.717) is 39.3 Å². The second-order valence-corrected chi connectivity index (χ2v) is 6.31. The predicted octanol–water partition coefficient (Wildman–Crippen LogP) is 1.39. The Hall–Kier alpha value is -1.50. The number of carbonyl (C=O) groups is 1. The molecular weight excluding hydrogens is 296 g/mol. The van der Waals surface area contributed by atoms with Crippen LogP contribution in [0, 0.1) is 0 Å². The van der Waals surface area contributed by atoms with Crippen molar-refractivity contribution in [3.8, 4) is 0 Å². The van der Waals surface area contributed by atoms with Gasteiger partial charge in [0.05, 0.1) is 38.8 Å². The summed E-state index contributed by atoms with van der Waals surface area (Å²) in [6.07, 6.45) is 5.96. The van der Waals surface area contributed by atoms with Gasteiger partial charge in [-0.15, -0.1) is 0 Å². The Labute approximate surface area is 136 Å². The minimum atomic E-state index is -0.208. The van der Waals surface area contributed by atoms with Crippen molar-refractivity contribution in [1.82, 2.24) is 9.88 Å². The van der Waals surface area contributed by atoms with E-state index >= 15 is 0 Å². The van der Waals surface area contributed by atoms with Gasteiger partial charge in [0.2, 0.25) is 5.91 Å². The molecule has 0 aliphatic carbocycles. The molecule has 6 heteroatoms. The molecule has 2 saturated heterocycles. The zero-order valence-electron chi connectivity index (χ0n) is 13.6. The van der Waals surface area contributed by atoms with Crippen molar-refractivity contribution in [2.75, 3.05) is 33.4 Å². The van der Waals surface area contributed by atoms with Crippen LogP contribution in [0.4, 0.5) is 0 Å². The third-order valence-electron chi connectivity index (χ3n) is 4.49. The van der Waals surface area contributed by atoms with Gasteiger partial charge in [0, 0.05) is 32.5 Å². The first-order chi connectivity index (χ1) is 11.2. The van der Waals surface area contributed by atoms with Gasteiger partial charge in [-0.3, -0.25) is 9.78 Å². The third-order valence-corrected chi connectivity index (χ3v) is 4.49. The Kier molecular flexibility index (Phi) is 5.25. The second-order valence-electron chi connectivity index (χ2n) is 6.31. The molecule has 0 aromatic carbocycles. The zero-order chi connectivity index (χ0) is 16.1. The van der Waals surface area contributed by atoms with Crippen LogP contribution < -0.4 is 0 Å². The number of pyridine rings is 1. The van der Waals surface area contributed by atoms with Crippen LogP contribution in [0.5, 0.6) is 0 Å². The Balaban J connectivity index is 1.45. The Morgan fingerprint density at radius 1 is 1.52 bits per heavy atom. The van der Waals surface area contributed by atoms with Crippen LogP contribution >= 0.6 is 0 Å². The number of aromatic nitrogens is 1. The molecule has 3 rings (SSSR count). The highest BCUT2D eigenvalue weighted by molar-refractivity contribution is 5.77. The van der Waals surface area contributed by atoms with E-state index < -0.39 is 0 Å². The van der Waals surface area contributed by atoms with Gasteiger partial charge in [0.25, 0.3) is 0 Å². The molecule has 126 valence electrons. The molecule has 23 heavy (non-hydrogen) atoms. The summed E-state index contributed by atoms with van der Waals surface area (Å²) in [5, 5.41) is 0. The maximum atomic E-state index is 12.0. The lowest BCUT2D eigenvalue weighted by molar-refractivity contribution is -0.202. The molecule has 6 nitrogen and oxygen atoms in total. The first-order valence-corrected chi connectivity index (χ1v) is 8.12. The smallest absolute Gasteiger partial charge is 0.225 e. The summed E-state index contributed by atoms with van der Waals surface area (Å²) >= 11 is 0. The molecule has 0 N–H and O–H groups in total. The predicted molar refractivity (Wildman–Crippen MR) is 83.8 cm³/mol. The minimum Gasteiger partial charge on any atom is -0.384 e. The van der Waals surface area contributed by atoms with Crippen molar-refractivity contribution in [1.29, 1.82) is 0 Å². The molecule has 2 aliphatic heterocycles. The number of methoxy groups -OCH3 is 1. The van der Waals surface area contributed by atoms with E-state index in [1.54, 1.807) is 13.3 Å². The van der Waals surface area contributed by atoms with Gasteiger partial charge in [-0.2, -0.15) is 0 Å². The average molecular weight is 320 g/mol. The number of rotatable bonds is 6. The minimum absolute atomic E-state index is 0.138. The highest BCUT2D eigenvalue weighted by Crippen LogP contribution is 2.35. The standard InChI is InChI=1S/C17H24N2O4/c1-21-7-5-16(20)19-12-17(13-19)9-15(4-8-23-17)22-11-14-3-2-6-18-10-14/h2-3,6,10,15H,4-5,7-9,11-13H2,1H3. The normalized spacial score (nSPS) is 22.8. The van der Waals surface area contributed by atoms with Crippen LogP contribution in [0.3, 0.4) is 0 Å². The van der Waals surface area contributed by atoms with Crippen molar-refractivity contribution < 1.29 is 19.0 Å². The summed E-state index contributed by atoms with van der Waals surface area (Å²) in [7, 11) is 1.61. The number of carbonyl (C=O) groups excluding carboxylic acids is 1. The van der Waals surface area contributed by atoms with E-state index in [0.717, 1.165) is 18.4 Å². The van der Waals surface area contributed by atoms with Crippen LogP contribution in [0.15, 0.2) is 24.5 Å². The zero-order valence-corrected chi connectivity index (χ0v) is 13.6. The lowest BCUT2D eigenvalue weighted by Gasteiger charge is -2.53. The first kappa shape index (κ1) is 16.4. The van der Waals surface area contributed by atoms with Crippen LogP contribution in [0.2, 0.25) is 0 Å². The first-order valence-electron chi connectivity index (χ1n) is 8.12. The van der Waals surface area contributed by atoms with E-state index in [1.807, 2.05) is 23.2 Å². The summed E-state index contributed by atoms with van der Waals surface area (Å²) in [6, 6.07) is 3.93. The molecular formula is C17H24N2O4. The fraction of sp³-hybridized carbons (Fsp3) is 0.647. The number of ether oxygens (including phenoxy) is 3. The fourth-order valence-corrected chi connectivity index (χ4v) is 3.22. The molecule has 1 amide bonds. The molecule has 1 aromatic rings. The van der Waals surface area contributed by atoms with Gasteiger partial charge in [-0.1, -0.05) is 6.07 Å². The molecule has 0 saturated carbocycles. The Bertz CT molecular complexity index is 517. The quantitative estimate of drug-likeness (QED) is 0.793. The number of hydrogen-bond acceptors (Lipinski definition) is 5. The van der Waals surface area contributed by atoms with E-state index in [9.17, 15) is 4.79 Å². The molecule has 1 aromatic heterocycles. The molecule has 0 radical (unpaired) electrons. The summed E-state index contributed by atoms with van der Waals surface area (Å²) in [5.74, 6) is 0.138. The maximum absolute atomic E-state index is 12.0.